The Kier molecular flexibility index (Phi) is 33.4. The zero-order chi connectivity index (χ0) is 67.6. The molecule has 0 unspecified atom stereocenters. The molecule has 0 bridgehead atoms. The maximum atomic E-state index is 14.2. The van der Waals surface area contributed by atoms with Crippen LogP contribution in [0.25, 0.3) is 0 Å². The van der Waals surface area contributed by atoms with Crippen LogP contribution in [-0.4, -0.2) is 146 Å². The average Bonchev–Trinajstić information content (AvgIpc) is 2.39. The van der Waals surface area contributed by atoms with Crippen molar-refractivity contribution in [2.75, 3.05) is 52.4 Å². The number of ether oxygens (including phenoxy) is 4. The summed E-state index contributed by atoms with van der Waals surface area (Å²) in [6.07, 6.45) is 9.29. The molecule has 0 radical (unpaired) electrons. The Morgan fingerprint density at radius 2 is 0.478 bits per heavy atom. The van der Waals surface area contributed by atoms with E-state index in [4.69, 9.17) is 18.9 Å². The van der Waals surface area contributed by atoms with E-state index in [-0.39, 0.29) is 81.0 Å². The van der Waals surface area contributed by atoms with Crippen molar-refractivity contribution in [1.29, 1.82) is 0 Å². The van der Waals surface area contributed by atoms with Crippen LogP contribution in [-0.2, 0) is 59.5 Å². The zero-order valence-electron chi connectivity index (χ0n) is 58.0. The quantitative estimate of drug-likeness (QED) is 0.0308. The first kappa shape index (κ1) is 77.0. The monoisotopic (exact) mass is 1270 g/mol. The lowest BCUT2D eigenvalue weighted by atomic mass is 10.1. The molecule has 4 aromatic rings. The van der Waals surface area contributed by atoms with Crippen LogP contribution in [0.15, 0.2) is 121 Å². The number of benzene rings is 4. The van der Waals surface area contributed by atoms with Crippen LogP contribution < -0.4 is 0 Å². The van der Waals surface area contributed by atoms with Gasteiger partial charge in [-0.3, -0.25) is 14.4 Å². The molecule has 0 spiro atoms. The fraction of sp³-hybridized carbons (Fsp3) is 0.587. The molecule has 0 saturated heterocycles. The van der Waals surface area contributed by atoms with E-state index in [0.29, 0.717) is 90.9 Å². The lowest BCUT2D eigenvalue weighted by Crippen LogP contribution is -2.41. The largest absolute Gasteiger partial charge is 0.444 e. The third-order valence-corrected chi connectivity index (χ3v) is 14.8. The molecule has 0 N–H and O–H groups in total. The van der Waals surface area contributed by atoms with E-state index in [2.05, 4.69) is 0 Å². The predicted octanol–water partition coefficient (Wildman–Crippen LogP) is 16.2. The van der Waals surface area contributed by atoms with Crippen LogP contribution in [0.5, 0.6) is 0 Å². The maximum absolute atomic E-state index is 14.2. The van der Waals surface area contributed by atoms with Gasteiger partial charge in [-0.05, 0) is 157 Å². The maximum Gasteiger partial charge on any atom is 0.410 e. The average molecular weight is 1270 g/mol. The Hall–Kier alpha value is -7.43. The highest BCUT2D eigenvalue weighted by molar-refractivity contribution is 5.90. The van der Waals surface area contributed by atoms with Crippen LogP contribution in [0, 0.1) is 0 Å². The van der Waals surface area contributed by atoms with E-state index >= 15 is 0 Å². The van der Waals surface area contributed by atoms with Crippen LogP contribution in [0.4, 0.5) is 19.2 Å². The minimum Gasteiger partial charge on any atom is -0.444 e. The van der Waals surface area contributed by atoms with E-state index in [1.54, 1.807) is 29.4 Å². The standard InChI is InChI=1S/C75H112N6O11/c1-72(2,3)89-68(85)76(49-33-13-15-35-53-78(70(87)91-74(7,8)9)55-61-39-23-17-24-40-61)51-37-21-31-47-66(83)80(57-63-43-27-19-28-44-63)59-65(82)60-81(58-64-45-29-20-30-46-64)67(84)48-32-22-38-52-77(69(86)90-73(4,5)6)50-34-14-16-36-54-79(71(88)92-75(10,11)12)56-62-41-25-18-26-42-62/h17-20,23-30,39-46H,13-16,21-22,31-38,47-60H2,1-12H3. The lowest BCUT2D eigenvalue weighted by Gasteiger charge is -2.28. The van der Waals surface area contributed by atoms with Crippen LogP contribution in [0.1, 0.15) is 208 Å². The van der Waals surface area contributed by atoms with Gasteiger partial charge in [-0.2, -0.15) is 0 Å². The Bertz CT molecular complexity index is 2600. The van der Waals surface area contributed by atoms with Crippen molar-refractivity contribution in [3.63, 3.8) is 0 Å². The van der Waals surface area contributed by atoms with E-state index in [9.17, 15) is 33.6 Å². The molecule has 92 heavy (non-hydrogen) atoms. The van der Waals surface area contributed by atoms with Gasteiger partial charge >= 0.3 is 24.4 Å². The summed E-state index contributed by atoms with van der Waals surface area (Å²) < 4.78 is 23.1. The number of Topliss-reactive ketones (excluding diaryl/α,β-unsaturated/α-hetero) is 1. The summed E-state index contributed by atoms with van der Waals surface area (Å²) in [6.45, 7) is 26.4. The first-order valence-electron chi connectivity index (χ1n) is 33.7. The summed E-state index contributed by atoms with van der Waals surface area (Å²) in [5.41, 5.74) is 1.28. The summed E-state index contributed by atoms with van der Waals surface area (Å²) in [7, 11) is 0. The molecular weight excluding hydrogens is 1160 g/mol. The SMILES string of the molecule is CC(C)(C)OC(=O)N(CCCCCCN(Cc1ccccc1)C(=O)OC(C)(C)C)CCCCCC(=O)N(CC(=O)CN(Cc1ccccc1)C(=O)CCCCCN(CCCCCCN(Cc1ccccc1)C(=O)OC(C)(C)C)C(=O)OC(C)(C)C)Cc1ccccc1. The third kappa shape index (κ3) is 34.3. The number of carbonyl (C=O) groups is 7. The first-order chi connectivity index (χ1) is 43.5. The van der Waals surface area contributed by atoms with Gasteiger partial charge in [0, 0.05) is 78.3 Å². The fourth-order valence-electron chi connectivity index (χ4n) is 10.3. The van der Waals surface area contributed by atoms with E-state index < -0.39 is 22.4 Å². The number of rotatable bonds is 38. The molecule has 0 saturated carbocycles. The molecule has 17 nitrogen and oxygen atoms in total. The highest BCUT2D eigenvalue weighted by atomic mass is 16.6. The van der Waals surface area contributed by atoms with Gasteiger partial charge in [0.25, 0.3) is 0 Å². The normalized spacial score (nSPS) is 11.7. The first-order valence-corrected chi connectivity index (χ1v) is 33.7. The van der Waals surface area contributed by atoms with Crippen molar-refractivity contribution in [2.24, 2.45) is 0 Å². The van der Waals surface area contributed by atoms with Gasteiger partial charge in [0.1, 0.15) is 22.4 Å². The van der Waals surface area contributed by atoms with Gasteiger partial charge in [0.15, 0.2) is 5.78 Å². The van der Waals surface area contributed by atoms with Crippen LogP contribution in [0.2, 0.25) is 0 Å². The molecule has 0 atom stereocenters. The Morgan fingerprint density at radius 1 is 0.272 bits per heavy atom. The highest BCUT2D eigenvalue weighted by Gasteiger charge is 2.28. The smallest absolute Gasteiger partial charge is 0.410 e. The van der Waals surface area contributed by atoms with Crippen molar-refractivity contribution >= 4 is 42.0 Å². The summed E-state index contributed by atoms with van der Waals surface area (Å²) in [4.78, 5) is 106. The number of ketones is 1. The molecular formula is C75H112N6O11. The number of unbranched alkanes of at least 4 members (excludes halogenated alkanes) is 10. The third-order valence-electron chi connectivity index (χ3n) is 14.8. The Morgan fingerprint density at radius 3 is 0.717 bits per heavy atom. The fourth-order valence-corrected chi connectivity index (χ4v) is 10.3. The van der Waals surface area contributed by atoms with Crippen molar-refractivity contribution in [3.05, 3.63) is 144 Å². The van der Waals surface area contributed by atoms with Crippen molar-refractivity contribution in [2.45, 2.75) is 234 Å². The molecule has 0 aliphatic carbocycles. The van der Waals surface area contributed by atoms with Gasteiger partial charge in [0.2, 0.25) is 11.8 Å². The van der Waals surface area contributed by atoms with Gasteiger partial charge in [-0.25, -0.2) is 19.2 Å². The van der Waals surface area contributed by atoms with Crippen LogP contribution in [0.3, 0.4) is 0 Å². The lowest BCUT2D eigenvalue weighted by molar-refractivity contribution is -0.139. The summed E-state index contributed by atoms with van der Waals surface area (Å²) in [5.74, 6) is -0.579. The summed E-state index contributed by atoms with van der Waals surface area (Å²) >= 11 is 0. The molecule has 4 aromatic carbocycles. The molecule has 17 heteroatoms. The Labute approximate surface area is 551 Å². The molecule has 6 amide bonds. The molecule has 0 aliphatic heterocycles. The van der Waals surface area contributed by atoms with Crippen molar-refractivity contribution < 1.29 is 52.5 Å². The Balaban J connectivity index is 1.30. The van der Waals surface area contributed by atoms with Gasteiger partial charge in [-0.15, -0.1) is 0 Å². The molecule has 0 aromatic heterocycles. The van der Waals surface area contributed by atoms with E-state index in [0.717, 1.165) is 73.6 Å². The molecule has 0 heterocycles. The molecule has 4 rings (SSSR count). The van der Waals surface area contributed by atoms with Crippen molar-refractivity contribution in [1.82, 2.24) is 29.4 Å². The summed E-state index contributed by atoms with van der Waals surface area (Å²) in [6, 6.07) is 38.9. The second kappa shape index (κ2) is 39.9. The van der Waals surface area contributed by atoms with Crippen LogP contribution >= 0.6 is 0 Å². The van der Waals surface area contributed by atoms with Gasteiger partial charge in [-0.1, -0.05) is 160 Å². The number of amides is 6. The minimum atomic E-state index is -0.669. The number of nitrogens with zero attached hydrogens (tertiary/aromatic N) is 6. The van der Waals surface area contributed by atoms with E-state index in [1.807, 2.05) is 204 Å². The van der Waals surface area contributed by atoms with Gasteiger partial charge in [0.05, 0.1) is 13.1 Å². The van der Waals surface area contributed by atoms with E-state index in [1.165, 1.54) is 0 Å². The number of hydrogen-bond donors (Lipinski definition) is 0. The topological polar surface area (TPSA) is 176 Å². The summed E-state index contributed by atoms with van der Waals surface area (Å²) in [5, 5.41) is 0. The van der Waals surface area contributed by atoms with Gasteiger partial charge < -0.3 is 48.3 Å². The highest BCUT2D eigenvalue weighted by Crippen LogP contribution is 2.21. The molecule has 0 aliphatic rings. The molecule has 0 fully saturated rings. The predicted molar refractivity (Wildman–Crippen MR) is 364 cm³/mol. The minimum absolute atomic E-state index is 0.163. The second-order valence-electron chi connectivity index (χ2n) is 28.2. The zero-order valence-corrected chi connectivity index (χ0v) is 58.0. The van der Waals surface area contributed by atoms with Crippen molar-refractivity contribution in [3.8, 4) is 0 Å². The second-order valence-corrected chi connectivity index (χ2v) is 28.2. The number of carbonyl (C=O) groups excluding carboxylic acids is 7. The molecule has 508 valence electrons. The number of hydrogen-bond acceptors (Lipinski definition) is 11.